The first-order valence-electron chi connectivity index (χ1n) is 6.32. The van der Waals surface area contributed by atoms with Gasteiger partial charge in [-0.05, 0) is 37.3 Å². The van der Waals surface area contributed by atoms with Crippen LogP contribution in [-0.2, 0) is 10.0 Å². The number of rotatable bonds is 4. The largest absolute Gasteiger partial charge is 0.478 e. The number of anilines is 1. The number of sulfonamides is 1. The number of carboxylic acid groups (broad SMARTS) is 1. The number of aromatic carboxylic acids is 1. The highest BCUT2D eigenvalue weighted by Gasteiger charge is 2.22. The highest BCUT2D eigenvalue weighted by molar-refractivity contribution is 7.92. The molecule has 0 saturated carbocycles. The third kappa shape index (κ3) is 3.08. The maximum Gasteiger partial charge on any atom is 0.337 e. The predicted molar refractivity (Wildman–Crippen MR) is 85.2 cm³/mol. The zero-order chi connectivity index (χ0) is 16.5. The molecule has 7 heteroatoms. The first-order valence-corrected chi connectivity index (χ1v) is 8.13. The summed E-state index contributed by atoms with van der Waals surface area (Å²) >= 11 is 5.80. The molecule has 0 saturated heterocycles. The quantitative estimate of drug-likeness (QED) is 0.928. The number of hydrogen-bond donors (Lipinski definition) is 1. The Hall–Kier alpha value is -2.05. The van der Waals surface area contributed by atoms with Gasteiger partial charge in [0.1, 0.15) is 0 Å². The van der Waals surface area contributed by atoms with E-state index in [0.717, 1.165) is 9.87 Å². The summed E-state index contributed by atoms with van der Waals surface area (Å²) in [6.07, 6.45) is 0. The average molecular weight is 340 g/mol. The normalized spacial score (nSPS) is 11.2. The van der Waals surface area contributed by atoms with Crippen molar-refractivity contribution >= 4 is 33.3 Å². The van der Waals surface area contributed by atoms with E-state index in [1.807, 2.05) is 6.92 Å². The van der Waals surface area contributed by atoms with E-state index >= 15 is 0 Å². The number of aryl methyl sites for hydroxylation is 1. The van der Waals surface area contributed by atoms with Crippen molar-refractivity contribution in [3.8, 4) is 0 Å². The lowest BCUT2D eigenvalue weighted by Gasteiger charge is -2.20. The topological polar surface area (TPSA) is 74.7 Å². The molecule has 22 heavy (non-hydrogen) atoms. The number of nitrogens with zero attached hydrogens (tertiary/aromatic N) is 1. The Morgan fingerprint density at radius 2 is 1.73 bits per heavy atom. The van der Waals surface area contributed by atoms with Crippen LogP contribution in [0, 0.1) is 6.92 Å². The number of carbonyl (C=O) groups is 1. The highest BCUT2D eigenvalue weighted by atomic mass is 35.5. The van der Waals surface area contributed by atoms with Gasteiger partial charge in [0.05, 0.1) is 21.2 Å². The van der Waals surface area contributed by atoms with Crippen molar-refractivity contribution in [3.63, 3.8) is 0 Å². The molecule has 2 aromatic rings. The summed E-state index contributed by atoms with van der Waals surface area (Å²) in [6.45, 7) is 1.86. The van der Waals surface area contributed by atoms with Gasteiger partial charge in [0.25, 0.3) is 10.0 Å². The lowest BCUT2D eigenvalue weighted by atomic mass is 10.2. The molecule has 0 aromatic heterocycles. The van der Waals surface area contributed by atoms with Gasteiger partial charge in [-0.2, -0.15) is 0 Å². The minimum absolute atomic E-state index is 0.0531. The minimum Gasteiger partial charge on any atom is -0.478 e. The van der Waals surface area contributed by atoms with E-state index in [0.29, 0.717) is 0 Å². The third-order valence-corrected chi connectivity index (χ3v) is 5.35. The number of benzene rings is 2. The van der Waals surface area contributed by atoms with E-state index < -0.39 is 16.0 Å². The van der Waals surface area contributed by atoms with Crippen LogP contribution in [0.2, 0.25) is 5.02 Å². The van der Waals surface area contributed by atoms with Crippen LogP contribution in [0.25, 0.3) is 0 Å². The van der Waals surface area contributed by atoms with Gasteiger partial charge >= 0.3 is 5.97 Å². The lowest BCUT2D eigenvalue weighted by molar-refractivity contribution is 0.0697. The van der Waals surface area contributed by atoms with Crippen LogP contribution in [0.4, 0.5) is 5.69 Å². The van der Waals surface area contributed by atoms with Crippen LogP contribution in [0.5, 0.6) is 0 Å². The van der Waals surface area contributed by atoms with Gasteiger partial charge in [0, 0.05) is 7.05 Å². The number of halogens is 1. The van der Waals surface area contributed by atoms with Gasteiger partial charge in [-0.15, -0.1) is 0 Å². The van der Waals surface area contributed by atoms with Crippen LogP contribution in [0.3, 0.4) is 0 Å². The highest BCUT2D eigenvalue weighted by Crippen LogP contribution is 2.26. The smallest absolute Gasteiger partial charge is 0.337 e. The lowest BCUT2D eigenvalue weighted by Crippen LogP contribution is -2.26. The molecule has 0 radical (unpaired) electrons. The summed E-state index contributed by atoms with van der Waals surface area (Å²) in [5.74, 6) is -1.21. The zero-order valence-corrected chi connectivity index (χ0v) is 13.5. The molecule has 2 rings (SSSR count). The fourth-order valence-corrected chi connectivity index (χ4v) is 3.27. The van der Waals surface area contributed by atoms with Crippen LogP contribution in [-0.4, -0.2) is 26.5 Å². The Labute approximate surface area is 133 Å². The zero-order valence-electron chi connectivity index (χ0n) is 11.9. The fourth-order valence-electron chi connectivity index (χ4n) is 1.88. The van der Waals surface area contributed by atoms with Crippen molar-refractivity contribution in [2.45, 2.75) is 11.8 Å². The molecule has 0 aliphatic carbocycles. The van der Waals surface area contributed by atoms with E-state index in [1.54, 1.807) is 12.1 Å². The van der Waals surface area contributed by atoms with E-state index in [4.69, 9.17) is 16.7 Å². The van der Waals surface area contributed by atoms with Crippen molar-refractivity contribution < 1.29 is 18.3 Å². The molecule has 0 unspecified atom stereocenters. The molecule has 5 nitrogen and oxygen atoms in total. The third-order valence-electron chi connectivity index (χ3n) is 3.22. The van der Waals surface area contributed by atoms with Gasteiger partial charge < -0.3 is 5.11 Å². The Morgan fingerprint density at radius 3 is 2.27 bits per heavy atom. The second-order valence-corrected chi connectivity index (χ2v) is 7.13. The molecule has 0 spiro atoms. The Balaban J connectivity index is 2.46. The maximum atomic E-state index is 12.6. The molecule has 0 aliphatic heterocycles. The van der Waals surface area contributed by atoms with Gasteiger partial charge in [-0.1, -0.05) is 29.3 Å². The van der Waals surface area contributed by atoms with Gasteiger partial charge in [0.2, 0.25) is 0 Å². The Morgan fingerprint density at radius 1 is 1.14 bits per heavy atom. The van der Waals surface area contributed by atoms with Gasteiger partial charge in [-0.3, -0.25) is 4.31 Å². The number of hydrogen-bond acceptors (Lipinski definition) is 3. The molecule has 0 heterocycles. The summed E-state index contributed by atoms with van der Waals surface area (Å²) in [5, 5.41) is 9.12. The van der Waals surface area contributed by atoms with Gasteiger partial charge in [-0.25, -0.2) is 13.2 Å². The summed E-state index contributed by atoms with van der Waals surface area (Å²) in [7, 11) is -2.40. The minimum atomic E-state index is -3.77. The molecular formula is C15H14ClNO4S. The fraction of sp³-hybridized carbons (Fsp3) is 0.133. The maximum absolute atomic E-state index is 12.6. The molecular weight excluding hydrogens is 326 g/mol. The van der Waals surface area contributed by atoms with Crippen molar-refractivity contribution in [3.05, 3.63) is 58.6 Å². The van der Waals surface area contributed by atoms with Crippen LogP contribution >= 0.6 is 11.6 Å². The van der Waals surface area contributed by atoms with E-state index in [-0.39, 0.29) is 21.2 Å². The first-order chi connectivity index (χ1) is 10.2. The van der Waals surface area contributed by atoms with Crippen LogP contribution in [0.1, 0.15) is 15.9 Å². The summed E-state index contributed by atoms with van der Waals surface area (Å²) in [4.78, 5) is 11.2. The van der Waals surface area contributed by atoms with Gasteiger partial charge in [0.15, 0.2) is 0 Å². The van der Waals surface area contributed by atoms with Crippen molar-refractivity contribution in [1.82, 2.24) is 0 Å². The van der Waals surface area contributed by atoms with E-state index in [1.165, 1.54) is 37.4 Å². The summed E-state index contributed by atoms with van der Waals surface area (Å²) in [6, 6.07) is 10.5. The van der Waals surface area contributed by atoms with Crippen molar-refractivity contribution in [2.24, 2.45) is 0 Å². The Kier molecular flexibility index (Phi) is 4.44. The monoisotopic (exact) mass is 339 g/mol. The molecule has 0 amide bonds. The van der Waals surface area contributed by atoms with Crippen molar-refractivity contribution in [1.29, 1.82) is 0 Å². The predicted octanol–water partition coefficient (Wildman–Crippen LogP) is 3.17. The van der Waals surface area contributed by atoms with Crippen LogP contribution in [0.15, 0.2) is 47.4 Å². The molecule has 1 N–H and O–H groups in total. The summed E-state index contributed by atoms with van der Waals surface area (Å²) < 4.78 is 26.1. The van der Waals surface area contributed by atoms with E-state index in [9.17, 15) is 13.2 Å². The number of carboxylic acids is 1. The SMILES string of the molecule is Cc1ccc(S(=O)(=O)N(C)c2ccc(Cl)c(C(=O)O)c2)cc1. The molecule has 0 bridgehead atoms. The molecule has 0 aliphatic rings. The standard InChI is InChI=1S/C15H14ClNO4S/c1-10-3-6-12(7-4-10)22(20,21)17(2)11-5-8-14(16)13(9-11)15(18)19/h3-9H,1-2H3,(H,18,19). The Bertz CT molecular complexity index is 816. The van der Waals surface area contributed by atoms with Crippen LogP contribution < -0.4 is 4.31 Å². The average Bonchev–Trinajstić information content (AvgIpc) is 2.47. The second kappa shape index (κ2) is 5.98. The summed E-state index contributed by atoms with van der Waals surface area (Å²) in [5.41, 5.74) is 1.02. The van der Waals surface area contributed by atoms with E-state index in [2.05, 4.69) is 0 Å². The molecule has 2 aromatic carbocycles. The van der Waals surface area contributed by atoms with Crippen molar-refractivity contribution in [2.75, 3.05) is 11.4 Å². The molecule has 116 valence electrons. The first kappa shape index (κ1) is 16.3. The molecule has 0 atom stereocenters. The second-order valence-electron chi connectivity index (χ2n) is 4.75. The molecule has 0 fully saturated rings.